The zero-order chi connectivity index (χ0) is 15.5. The van der Waals surface area contributed by atoms with Crippen molar-refractivity contribution in [3.05, 3.63) is 81.5 Å². The minimum atomic E-state index is -0.514. The molecule has 0 bridgehead atoms. The zero-order valence-electron chi connectivity index (χ0n) is 11.8. The van der Waals surface area contributed by atoms with Gasteiger partial charge in [-0.2, -0.15) is 0 Å². The molecule has 2 aromatic rings. The summed E-state index contributed by atoms with van der Waals surface area (Å²) in [7, 11) is 0. The molecule has 5 heteroatoms. The molecule has 3 rings (SSSR count). The lowest BCUT2D eigenvalue weighted by Gasteiger charge is -2.31. The molecule has 0 saturated carbocycles. The van der Waals surface area contributed by atoms with Crippen molar-refractivity contribution < 1.29 is 9.72 Å². The van der Waals surface area contributed by atoms with Gasteiger partial charge in [0.15, 0.2) is 0 Å². The number of fused-ring (bicyclic) bond motifs is 1. The van der Waals surface area contributed by atoms with Crippen LogP contribution in [0.4, 0.5) is 5.69 Å². The van der Waals surface area contributed by atoms with Crippen LogP contribution in [0.15, 0.2) is 54.7 Å². The Morgan fingerprint density at radius 1 is 1.14 bits per heavy atom. The quantitative estimate of drug-likeness (QED) is 0.493. The van der Waals surface area contributed by atoms with Crippen LogP contribution in [-0.4, -0.2) is 16.1 Å². The maximum atomic E-state index is 11.6. The number of hydrogen-bond acceptors (Lipinski definition) is 4. The number of nitro benzene ring substituents is 1. The van der Waals surface area contributed by atoms with E-state index in [0.717, 1.165) is 11.8 Å². The van der Waals surface area contributed by atoms with Gasteiger partial charge in [0.05, 0.1) is 10.5 Å². The second kappa shape index (κ2) is 5.81. The highest BCUT2D eigenvalue weighted by Crippen LogP contribution is 2.35. The van der Waals surface area contributed by atoms with Gasteiger partial charge in [-0.3, -0.25) is 10.1 Å². The molecule has 5 nitrogen and oxygen atoms in total. The molecule has 0 aromatic heterocycles. The van der Waals surface area contributed by atoms with Crippen LogP contribution in [0.1, 0.15) is 22.7 Å². The van der Waals surface area contributed by atoms with Crippen LogP contribution in [0.2, 0.25) is 0 Å². The summed E-state index contributed by atoms with van der Waals surface area (Å²) in [6, 6.07) is 14.1. The Labute approximate surface area is 127 Å². The Morgan fingerprint density at radius 3 is 2.59 bits per heavy atom. The van der Waals surface area contributed by atoms with Gasteiger partial charge in [-0.05, 0) is 17.2 Å². The highest BCUT2D eigenvalue weighted by Gasteiger charge is 2.27. The minimum absolute atomic E-state index is 0.0277. The fourth-order valence-corrected chi connectivity index (χ4v) is 2.71. The number of carbonyl (C=O) groups is 1. The van der Waals surface area contributed by atoms with Crippen LogP contribution >= 0.6 is 0 Å². The third-order valence-electron chi connectivity index (χ3n) is 3.76. The zero-order valence-corrected chi connectivity index (χ0v) is 11.8. The van der Waals surface area contributed by atoms with Crippen molar-refractivity contribution in [1.82, 2.24) is 4.90 Å². The van der Waals surface area contributed by atoms with Crippen LogP contribution in [0.3, 0.4) is 0 Å². The van der Waals surface area contributed by atoms with Crippen molar-refractivity contribution in [2.75, 3.05) is 0 Å². The molecule has 22 heavy (non-hydrogen) atoms. The van der Waals surface area contributed by atoms with Crippen LogP contribution < -0.4 is 0 Å². The van der Waals surface area contributed by atoms with Crippen LogP contribution in [0, 0.1) is 10.1 Å². The van der Waals surface area contributed by atoms with E-state index in [9.17, 15) is 14.9 Å². The molecule has 1 aliphatic heterocycles. The van der Waals surface area contributed by atoms with E-state index in [-0.39, 0.29) is 5.69 Å². The number of benzene rings is 2. The predicted molar refractivity (Wildman–Crippen MR) is 82.9 cm³/mol. The monoisotopic (exact) mass is 294 g/mol. The van der Waals surface area contributed by atoms with Gasteiger partial charge in [0, 0.05) is 18.8 Å². The Morgan fingerprint density at radius 2 is 1.91 bits per heavy atom. The maximum absolute atomic E-state index is 11.6. The van der Waals surface area contributed by atoms with Gasteiger partial charge < -0.3 is 9.69 Å². The summed E-state index contributed by atoms with van der Waals surface area (Å²) in [5, 5.41) is 11.1. The first-order chi connectivity index (χ1) is 10.7. The second-order valence-electron chi connectivity index (χ2n) is 5.09. The van der Waals surface area contributed by atoms with Crippen LogP contribution in [-0.2, 0) is 11.3 Å². The molecule has 110 valence electrons. The minimum Gasteiger partial charge on any atom is -0.359 e. The molecule has 0 spiro atoms. The standard InChI is InChI=1S/C17H14N2O3/c20-12-17-14-7-4-8-16(19(21)22)15(14)9-10-18(17)11-13-5-2-1-3-6-13/h1-10,12,17H,11H2. The molecule has 0 radical (unpaired) electrons. The maximum Gasteiger partial charge on any atom is 0.277 e. The van der Waals surface area contributed by atoms with Crippen molar-refractivity contribution in [2.45, 2.75) is 12.6 Å². The van der Waals surface area contributed by atoms with E-state index in [2.05, 4.69) is 0 Å². The molecule has 0 N–H and O–H groups in total. The molecule has 1 heterocycles. The molecular weight excluding hydrogens is 280 g/mol. The molecule has 0 aliphatic carbocycles. The highest BCUT2D eigenvalue weighted by atomic mass is 16.6. The molecule has 0 amide bonds. The molecule has 1 unspecified atom stereocenters. The smallest absolute Gasteiger partial charge is 0.277 e. The van der Waals surface area contributed by atoms with E-state index in [1.54, 1.807) is 24.4 Å². The summed E-state index contributed by atoms with van der Waals surface area (Å²) in [4.78, 5) is 24.1. The largest absolute Gasteiger partial charge is 0.359 e. The summed E-state index contributed by atoms with van der Waals surface area (Å²) in [6.45, 7) is 0.572. The van der Waals surface area contributed by atoms with Crippen LogP contribution in [0.25, 0.3) is 6.08 Å². The summed E-state index contributed by atoms with van der Waals surface area (Å²) >= 11 is 0. The van der Waals surface area contributed by atoms with E-state index >= 15 is 0 Å². The van der Waals surface area contributed by atoms with Crippen molar-refractivity contribution in [3.63, 3.8) is 0 Å². The highest BCUT2D eigenvalue weighted by molar-refractivity contribution is 5.74. The number of nitrogens with zero attached hydrogens (tertiary/aromatic N) is 2. The van der Waals surface area contributed by atoms with Gasteiger partial charge in [-0.15, -0.1) is 0 Å². The SMILES string of the molecule is O=CC1c2cccc([N+](=O)[O-])c2C=CN1Cc1ccccc1. The molecular formula is C17H14N2O3. The van der Waals surface area contributed by atoms with Gasteiger partial charge in [0.2, 0.25) is 0 Å². The van der Waals surface area contributed by atoms with Crippen LogP contribution in [0.5, 0.6) is 0 Å². The number of rotatable bonds is 4. The third kappa shape index (κ3) is 2.48. The Hall–Kier alpha value is -2.95. The van der Waals surface area contributed by atoms with E-state index in [0.29, 0.717) is 17.7 Å². The van der Waals surface area contributed by atoms with Gasteiger partial charge in [0.1, 0.15) is 12.3 Å². The summed E-state index contributed by atoms with van der Waals surface area (Å²) in [6.07, 6.45) is 4.28. The van der Waals surface area contributed by atoms with Gasteiger partial charge >= 0.3 is 0 Å². The summed E-state index contributed by atoms with van der Waals surface area (Å²) < 4.78 is 0. The lowest BCUT2D eigenvalue weighted by molar-refractivity contribution is -0.385. The van der Waals surface area contributed by atoms with Crippen molar-refractivity contribution in [3.8, 4) is 0 Å². The number of hydrogen-bond donors (Lipinski definition) is 0. The third-order valence-corrected chi connectivity index (χ3v) is 3.76. The van der Waals surface area contributed by atoms with E-state index < -0.39 is 11.0 Å². The molecule has 2 aromatic carbocycles. The fraction of sp³-hybridized carbons (Fsp3) is 0.118. The van der Waals surface area contributed by atoms with Gasteiger partial charge in [-0.25, -0.2) is 0 Å². The topological polar surface area (TPSA) is 63.4 Å². The lowest BCUT2D eigenvalue weighted by atomic mass is 9.95. The summed E-state index contributed by atoms with van der Waals surface area (Å²) in [5.41, 5.74) is 2.28. The number of aldehydes is 1. The fourth-order valence-electron chi connectivity index (χ4n) is 2.71. The molecule has 1 atom stereocenters. The molecule has 0 fully saturated rings. The first kappa shape index (κ1) is 14.0. The van der Waals surface area contributed by atoms with E-state index in [1.807, 2.05) is 35.2 Å². The molecule has 1 aliphatic rings. The van der Waals surface area contributed by atoms with E-state index in [1.165, 1.54) is 6.07 Å². The van der Waals surface area contributed by atoms with Crippen molar-refractivity contribution in [2.24, 2.45) is 0 Å². The summed E-state index contributed by atoms with van der Waals surface area (Å²) in [5.74, 6) is 0. The Kier molecular flexibility index (Phi) is 3.70. The van der Waals surface area contributed by atoms with E-state index in [4.69, 9.17) is 0 Å². The first-order valence-electron chi connectivity index (χ1n) is 6.91. The average Bonchev–Trinajstić information content (AvgIpc) is 2.55. The normalized spacial score (nSPS) is 16.2. The number of carbonyl (C=O) groups excluding carboxylic acids is 1. The average molecular weight is 294 g/mol. The van der Waals surface area contributed by atoms with Crippen molar-refractivity contribution in [1.29, 1.82) is 0 Å². The lowest BCUT2D eigenvalue weighted by Crippen LogP contribution is -2.27. The first-order valence-corrected chi connectivity index (χ1v) is 6.91. The second-order valence-corrected chi connectivity index (χ2v) is 5.09. The van der Waals surface area contributed by atoms with Crippen molar-refractivity contribution >= 4 is 18.0 Å². The molecule has 0 saturated heterocycles. The Bertz CT molecular complexity index is 741. The van der Waals surface area contributed by atoms with Gasteiger partial charge in [0.25, 0.3) is 5.69 Å². The Balaban J connectivity index is 1.98. The number of nitro groups is 1. The van der Waals surface area contributed by atoms with Gasteiger partial charge in [-0.1, -0.05) is 42.5 Å². The predicted octanol–water partition coefficient (Wildman–Crippen LogP) is 3.32.